The number of aryl methyl sites for hydroxylation is 1. The molecular weight excluding hydrogens is 515 g/mol. The molecule has 7 heteroatoms. The monoisotopic (exact) mass is 550 g/mol. The van der Waals surface area contributed by atoms with E-state index in [9.17, 15) is 0 Å². The summed E-state index contributed by atoms with van der Waals surface area (Å²) in [5, 5.41) is 7.02. The average molecular weight is 550 g/mol. The molecule has 1 unspecified atom stereocenters. The molecule has 1 fully saturated rings. The van der Waals surface area contributed by atoms with Crippen molar-refractivity contribution < 1.29 is 9.47 Å². The van der Waals surface area contributed by atoms with Crippen molar-refractivity contribution in [2.75, 3.05) is 53.0 Å². The first kappa shape index (κ1) is 24.8. The van der Waals surface area contributed by atoms with Crippen LogP contribution >= 0.6 is 24.0 Å². The van der Waals surface area contributed by atoms with Crippen molar-refractivity contribution >= 4 is 29.9 Å². The molecule has 0 aliphatic carbocycles. The summed E-state index contributed by atoms with van der Waals surface area (Å²) in [5.74, 6) is 1.88. The normalized spacial score (nSPS) is 17.1. The zero-order valence-electron chi connectivity index (χ0n) is 19.1. The predicted molar refractivity (Wildman–Crippen MR) is 140 cm³/mol. The zero-order valence-corrected chi connectivity index (χ0v) is 21.4. The number of hydrogen-bond acceptors (Lipinski definition) is 4. The maximum absolute atomic E-state index is 5.61. The third kappa shape index (κ3) is 6.59. The molecule has 32 heavy (non-hydrogen) atoms. The van der Waals surface area contributed by atoms with E-state index < -0.39 is 0 Å². The van der Waals surface area contributed by atoms with Crippen LogP contribution in [0.25, 0.3) is 0 Å². The number of nitrogens with zero attached hydrogens (tertiary/aromatic N) is 2. The molecule has 2 heterocycles. The molecule has 0 aromatic heterocycles. The van der Waals surface area contributed by atoms with Crippen molar-refractivity contribution in [1.29, 1.82) is 0 Å². The zero-order chi connectivity index (χ0) is 21.5. The molecule has 2 aliphatic rings. The first-order valence-electron chi connectivity index (χ1n) is 11.3. The Hall–Kier alpha value is -1.84. The van der Waals surface area contributed by atoms with Gasteiger partial charge in [0, 0.05) is 39.6 Å². The van der Waals surface area contributed by atoms with Gasteiger partial charge in [0.05, 0.1) is 25.9 Å². The van der Waals surface area contributed by atoms with Gasteiger partial charge in [0.1, 0.15) is 5.75 Å². The van der Waals surface area contributed by atoms with Crippen molar-refractivity contribution in [3.63, 3.8) is 0 Å². The van der Waals surface area contributed by atoms with Gasteiger partial charge in [0.25, 0.3) is 0 Å². The summed E-state index contributed by atoms with van der Waals surface area (Å²) in [5.41, 5.74) is 5.29. The van der Waals surface area contributed by atoms with Crippen molar-refractivity contribution in [2.45, 2.75) is 25.8 Å². The summed E-state index contributed by atoms with van der Waals surface area (Å²) in [6, 6.07) is 15.6. The van der Waals surface area contributed by atoms with Crippen LogP contribution in [0.4, 0.5) is 0 Å². The quantitative estimate of drug-likeness (QED) is 0.315. The lowest BCUT2D eigenvalue weighted by Gasteiger charge is -2.35. The van der Waals surface area contributed by atoms with E-state index in [-0.39, 0.29) is 24.0 Å². The van der Waals surface area contributed by atoms with E-state index in [1.54, 1.807) is 0 Å². The Morgan fingerprint density at radius 3 is 2.72 bits per heavy atom. The van der Waals surface area contributed by atoms with Crippen molar-refractivity contribution in [1.82, 2.24) is 15.5 Å². The van der Waals surface area contributed by atoms with Gasteiger partial charge in [0.2, 0.25) is 0 Å². The third-order valence-corrected chi connectivity index (χ3v) is 6.06. The molecule has 2 aromatic rings. The van der Waals surface area contributed by atoms with Gasteiger partial charge >= 0.3 is 0 Å². The van der Waals surface area contributed by atoms with E-state index in [2.05, 4.69) is 69.9 Å². The number of guanidine groups is 1. The Kier molecular flexibility index (Phi) is 9.62. The summed E-state index contributed by atoms with van der Waals surface area (Å²) in [6.07, 6.45) is 1.97. The van der Waals surface area contributed by atoms with Crippen LogP contribution in [-0.4, -0.2) is 63.9 Å². The molecule has 0 spiro atoms. The molecule has 2 aliphatic heterocycles. The van der Waals surface area contributed by atoms with Gasteiger partial charge in [-0.15, -0.1) is 24.0 Å². The van der Waals surface area contributed by atoms with Gasteiger partial charge in [-0.25, -0.2) is 0 Å². The summed E-state index contributed by atoms with van der Waals surface area (Å²) in [4.78, 5) is 6.94. The Bertz CT molecular complexity index is 899. The maximum atomic E-state index is 5.61. The highest BCUT2D eigenvalue weighted by molar-refractivity contribution is 14.0. The minimum atomic E-state index is 0. The molecule has 174 valence electrons. The number of hydrogen-bond donors (Lipinski definition) is 2. The van der Waals surface area contributed by atoms with Crippen molar-refractivity contribution in [2.24, 2.45) is 4.99 Å². The number of morpholine rings is 1. The summed E-state index contributed by atoms with van der Waals surface area (Å²) >= 11 is 0. The van der Waals surface area contributed by atoms with Gasteiger partial charge in [-0.2, -0.15) is 0 Å². The SMILES string of the molecule is CN=C(NCCc1ccc2c(c1)CCO2)NCC(c1cccc(C)c1)N1CCOCC1.I. The molecular formula is C25H35IN4O2. The van der Waals surface area contributed by atoms with E-state index in [0.29, 0.717) is 6.04 Å². The Labute approximate surface area is 208 Å². The van der Waals surface area contributed by atoms with Crippen LogP contribution < -0.4 is 15.4 Å². The first-order chi connectivity index (χ1) is 15.2. The van der Waals surface area contributed by atoms with Crippen molar-refractivity contribution in [3.8, 4) is 5.75 Å². The fourth-order valence-corrected chi connectivity index (χ4v) is 4.36. The molecule has 1 saturated heterocycles. The van der Waals surface area contributed by atoms with E-state index in [1.165, 1.54) is 22.3 Å². The second-order valence-corrected chi connectivity index (χ2v) is 8.25. The molecule has 0 bridgehead atoms. The summed E-state index contributed by atoms with van der Waals surface area (Å²) in [6.45, 7) is 8.09. The van der Waals surface area contributed by atoms with Gasteiger partial charge in [-0.3, -0.25) is 9.89 Å². The molecule has 1 atom stereocenters. The van der Waals surface area contributed by atoms with E-state index >= 15 is 0 Å². The number of ether oxygens (including phenoxy) is 2. The molecule has 0 saturated carbocycles. The van der Waals surface area contributed by atoms with Crippen LogP contribution in [0.5, 0.6) is 5.75 Å². The highest BCUT2D eigenvalue weighted by Gasteiger charge is 2.23. The minimum Gasteiger partial charge on any atom is -0.493 e. The smallest absolute Gasteiger partial charge is 0.191 e. The fraction of sp³-hybridized carbons (Fsp3) is 0.480. The van der Waals surface area contributed by atoms with E-state index in [4.69, 9.17) is 9.47 Å². The van der Waals surface area contributed by atoms with Crippen LogP contribution in [0.15, 0.2) is 47.5 Å². The van der Waals surface area contributed by atoms with Crippen LogP contribution in [0, 0.1) is 6.92 Å². The molecule has 0 radical (unpaired) electrons. The summed E-state index contributed by atoms with van der Waals surface area (Å²) in [7, 11) is 1.83. The van der Waals surface area contributed by atoms with Gasteiger partial charge in [-0.05, 0) is 36.1 Å². The third-order valence-electron chi connectivity index (χ3n) is 6.06. The Balaban J connectivity index is 0.00000289. The minimum absolute atomic E-state index is 0. The standard InChI is InChI=1S/C25H34N4O2.HI/c1-19-4-3-5-21(16-19)23(29-11-14-30-15-12-29)18-28-25(26-2)27-10-8-20-6-7-24-22(17-20)9-13-31-24;/h3-7,16-17,23H,8-15,18H2,1-2H3,(H2,26,27,28);1H. The molecule has 4 rings (SSSR count). The first-order valence-corrected chi connectivity index (χ1v) is 11.3. The average Bonchev–Trinajstić information content (AvgIpc) is 3.27. The fourth-order valence-electron chi connectivity index (χ4n) is 4.36. The summed E-state index contributed by atoms with van der Waals surface area (Å²) < 4.78 is 11.2. The largest absolute Gasteiger partial charge is 0.493 e. The van der Waals surface area contributed by atoms with E-state index in [0.717, 1.165) is 70.6 Å². The molecule has 2 aromatic carbocycles. The van der Waals surface area contributed by atoms with Crippen LogP contribution in [-0.2, 0) is 17.6 Å². The van der Waals surface area contributed by atoms with Crippen LogP contribution in [0.1, 0.15) is 28.3 Å². The van der Waals surface area contributed by atoms with Crippen LogP contribution in [0.3, 0.4) is 0 Å². The van der Waals surface area contributed by atoms with Crippen LogP contribution in [0.2, 0.25) is 0 Å². The van der Waals surface area contributed by atoms with Gasteiger partial charge in [-0.1, -0.05) is 42.0 Å². The second-order valence-electron chi connectivity index (χ2n) is 8.25. The molecule has 0 amide bonds. The topological polar surface area (TPSA) is 58.1 Å². The van der Waals surface area contributed by atoms with Crippen molar-refractivity contribution in [3.05, 3.63) is 64.7 Å². The Morgan fingerprint density at radius 1 is 1.09 bits per heavy atom. The molecule has 6 nitrogen and oxygen atoms in total. The number of rotatable bonds is 7. The number of aliphatic imine (C=N–C) groups is 1. The number of nitrogens with one attached hydrogen (secondary N) is 2. The van der Waals surface area contributed by atoms with Gasteiger partial charge < -0.3 is 20.1 Å². The Morgan fingerprint density at radius 2 is 1.94 bits per heavy atom. The lowest BCUT2D eigenvalue weighted by molar-refractivity contribution is 0.0170. The molecule has 2 N–H and O–H groups in total. The van der Waals surface area contributed by atoms with E-state index in [1.807, 2.05) is 7.05 Å². The number of fused-ring (bicyclic) bond motifs is 1. The highest BCUT2D eigenvalue weighted by atomic mass is 127. The number of benzene rings is 2. The highest BCUT2D eigenvalue weighted by Crippen LogP contribution is 2.26. The number of halogens is 1. The predicted octanol–water partition coefficient (Wildman–Crippen LogP) is 3.33. The second kappa shape index (κ2) is 12.4. The maximum Gasteiger partial charge on any atom is 0.191 e. The van der Waals surface area contributed by atoms with Gasteiger partial charge in [0.15, 0.2) is 5.96 Å². The lowest BCUT2D eigenvalue weighted by Crippen LogP contribution is -2.46. The lowest BCUT2D eigenvalue weighted by atomic mass is 10.0.